The largest absolute Gasteiger partial charge is 0.462 e. The summed E-state index contributed by atoms with van der Waals surface area (Å²) in [7, 11) is 0. The van der Waals surface area contributed by atoms with Gasteiger partial charge < -0.3 is 14.2 Å². The summed E-state index contributed by atoms with van der Waals surface area (Å²) in [5.74, 6) is -1.14. The van der Waals surface area contributed by atoms with E-state index in [0.29, 0.717) is 6.42 Å². The van der Waals surface area contributed by atoms with Crippen LogP contribution in [0.1, 0.15) is 54.4 Å². The van der Waals surface area contributed by atoms with Crippen molar-refractivity contribution in [3.8, 4) is 0 Å². The molecule has 0 fully saturated rings. The highest BCUT2D eigenvalue weighted by Gasteiger charge is 2.35. The van der Waals surface area contributed by atoms with Crippen molar-refractivity contribution in [1.29, 1.82) is 0 Å². The molecule has 0 amide bonds. The third kappa shape index (κ3) is 7.68. The van der Waals surface area contributed by atoms with Crippen molar-refractivity contribution in [3.63, 3.8) is 0 Å². The first-order valence-electron chi connectivity index (χ1n) is 7.04. The number of hydrogen-bond donors (Lipinski definition) is 0. The third-order valence-corrected chi connectivity index (χ3v) is 2.85. The molecular formula is C15H26O6. The van der Waals surface area contributed by atoms with E-state index in [4.69, 9.17) is 14.2 Å². The van der Waals surface area contributed by atoms with Gasteiger partial charge in [-0.25, -0.2) is 4.79 Å². The zero-order valence-electron chi connectivity index (χ0n) is 13.7. The van der Waals surface area contributed by atoms with E-state index < -0.39 is 17.2 Å². The number of rotatable bonds is 8. The number of esters is 2. The second-order valence-electron chi connectivity index (χ2n) is 6.29. The molecule has 0 N–H and O–H groups in total. The van der Waals surface area contributed by atoms with Crippen LogP contribution in [0.5, 0.6) is 0 Å². The van der Waals surface area contributed by atoms with E-state index in [-0.39, 0.29) is 31.4 Å². The maximum Gasteiger partial charge on any atom is 0.350 e. The minimum atomic E-state index is -1.28. The van der Waals surface area contributed by atoms with Gasteiger partial charge in [0.15, 0.2) is 0 Å². The Morgan fingerprint density at radius 2 is 1.76 bits per heavy atom. The Labute approximate surface area is 126 Å². The van der Waals surface area contributed by atoms with Crippen LogP contribution in [0.15, 0.2) is 0 Å². The van der Waals surface area contributed by atoms with Gasteiger partial charge in [-0.2, -0.15) is 0 Å². The fraction of sp³-hybridized carbons (Fsp3) is 0.800. The fourth-order valence-corrected chi connectivity index (χ4v) is 1.48. The minimum Gasteiger partial charge on any atom is -0.462 e. The molecule has 0 saturated carbocycles. The summed E-state index contributed by atoms with van der Waals surface area (Å²) in [6.45, 7) is 10.7. The van der Waals surface area contributed by atoms with Gasteiger partial charge in [-0.05, 0) is 34.1 Å². The van der Waals surface area contributed by atoms with Crippen molar-refractivity contribution in [1.82, 2.24) is 0 Å². The van der Waals surface area contributed by atoms with Crippen LogP contribution in [0, 0.1) is 5.92 Å². The van der Waals surface area contributed by atoms with Crippen molar-refractivity contribution in [2.24, 2.45) is 5.92 Å². The Bertz CT molecular complexity index is 371. The highest BCUT2D eigenvalue weighted by Crippen LogP contribution is 2.18. The molecule has 2 unspecified atom stereocenters. The average molecular weight is 302 g/mol. The summed E-state index contributed by atoms with van der Waals surface area (Å²) < 4.78 is 15.1. The Balaban J connectivity index is 4.30. The molecule has 0 saturated heterocycles. The number of carbonyl (C=O) groups is 3. The van der Waals surface area contributed by atoms with Gasteiger partial charge in [-0.15, -0.1) is 0 Å². The highest BCUT2D eigenvalue weighted by atomic mass is 16.6. The van der Waals surface area contributed by atoms with E-state index in [1.807, 2.05) is 0 Å². The molecule has 2 atom stereocenters. The Morgan fingerprint density at radius 1 is 1.19 bits per heavy atom. The fourth-order valence-electron chi connectivity index (χ4n) is 1.48. The van der Waals surface area contributed by atoms with Gasteiger partial charge in [0.05, 0.1) is 13.0 Å². The highest BCUT2D eigenvalue weighted by molar-refractivity contribution is 5.80. The van der Waals surface area contributed by atoms with E-state index in [1.165, 1.54) is 6.92 Å². The van der Waals surface area contributed by atoms with Crippen LogP contribution in [0.2, 0.25) is 0 Å². The van der Waals surface area contributed by atoms with Gasteiger partial charge in [-0.3, -0.25) is 9.59 Å². The van der Waals surface area contributed by atoms with Crippen molar-refractivity contribution >= 4 is 18.4 Å². The molecule has 0 heterocycles. The van der Waals surface area contributed by atoms with Gasteiger partial charge >= 0.3 is 11.9 Å². The summed E-state index contributed by atoms with van der Waals surface area (Å²) in [5, 5.41) is 0. The topological polar surface area (TPSA) is 78.9 Å². The molecule has 0 aromatic heterocycles. The standard InChI is InChI=1S/C15H26O6/c1-7-15(6,20-10-16)13(18)19-9-11(2)8-12(17)21-14(3,4)5/h10-11H,7-9H2,1-6H3. The van der Waals surface area contributed by atoms with E-state index in [0.717, 1.165) is 0 Å². The molecule has 0 bridgehead atoms. The molecule has 0 aliphatic rings. The minimum absolute atomic E-state index is 0.0654. The quantitative estimate of drug-likeness (QED) is 0.389. The SMILES string of the molecule is CCC(C)(OC=O)C(=O)OCC(C)CC(=O)OC(C)(C)C. The number of ether oxygens (including phenoxy) is 3. The lowest BCUT2D eigenvalue weighted by Gasteiger charge is -2.25. The first kappa shape index (κ1) is 19.4. The van der Waals surface area contributed by atoms with Crippen LogP contribution in [0.4, 0.5) is 0 Å². The predicted molar refractivity (Wildman–Crippen MR) is 76.4 cm³/mol. The first-order chi connectivity index (χ1) is 9.54. The molecule has 21 heavy (non-hydrogen) atoms. The van der Waals surface area contributed by atoms with Crippen molar-refractivity contribution < 1.29 is 28.6 Å². The summed E-state index contributed by atoms with van der Waals surface area (Å²) in [4.78, 5) is 33.9. The lowest BCUT2D eigenvalue weighted by Crippen LogP contribution is -2.39. The molecule has 0 aromatic rings. The van der Waals surface area contributed by atoms with Crippen LogP contribution < -0.4 is 0 Å². The van der Waals surface area contributed by atoms with Gasteiger partial charge in [0.25, 0.3) is 6.47 Å². The third-order valence-electron chi connectivity index (χ3n) is 2.85. The van der Waals surface area contributed by atoms with Crippen LogP contribution >= 0.6 is 0 Å². The average Bonchev–Trinajstić information content (AvgIpc) is 2.33. The summed E-state index contributed by atoms with van der Waals surface area (Å²) in [6.07, 6.45) is 0.465. The second-order valence-corrected chi connectivity index (χ2v) is 6.29. The molecule has 0 aliphatic carbocycles. The van der Waals surface area contributed by atoms with E-state index in [2.05, 4.69) is 0 Å². The zero-order chi connectivity index (χ0) is 16.7. The molecule has 6 heteroatoms. The smallest absolute Gasteiger partial charge is 0.350 e. The molecule has 0 aromatic carbocycles. The molecule has 0 rings (SSSR count). The zero-order valence-corrected chi connectivity index (χ0v) is 13.7. The van der Waals surface area contributed by atoms with Gasteiger partial charge in [0, 0.05) is 5.92 Å². The summed E-state index contributed by atoms with van der Waals surface area (Å²) >= 11 is 0. The Hall–Kier alpha value is -1.59. The van der Waals surface area contributed by atoms with Crippen molar-refractivity contribution in [2.75, 3.05) is 6.61 Å². The van der Waals surface area contributed by atoms with Gasteiger partial charge in [0.1, 0.15) is 5.60 Å². The summed E-state index contributed by atoms with van der Waals surface area (Å²) in [5.41, 5.74) is -1.82. The van der Waals surface area contributed by atoms with E-state index in [9.17, 15) is 14.4 Å². The maximum absolute atomic E-state index is 11.9. The maximum atomic E-state index is 11.9. The molecule has 0 aliphatic heterocycles. The lowest BCUT2D eigenvalue weighted by atomic mass is 10.0. The van der Waals surface area contributed by atoms with Crippen LogP contribution in [0.3, 0.4) is 0 Å². The van der Waals surface area contributed by atoms with Gasteiger partial charge in [-0.1, -0.05) is 13.8 Å². The Morgan fingerprint density at radius 3 is 2.19 bits per heavy atom. The predicted octanol–water partition coefficient (Wildman–Crippen LogP) is 2.24. The first-order valence-corrected chi connectivity index (χ1v) is 7.04. The second kappa shape index (κ2) is 8.00. The van der Waals surface area contributed by atoms with Crippen LogP contribution in [-0.2, 0) is 28.6 Å². The van der Waals surface area contributed by atoms with Crippen molar-refractivity contribution in [2.45, 2.75) is 65.6 Å². The molecule has 0 spiro atoms. The van der Waals surface area contributed by atoms with E-state index >= 15 is 0 Å². The van der Waals surface area contributed by atoms with Crippen LogP contribution in [-0.4, -0.2) is 36.2 Å². The monoisotopic (exact) mass is 302 g/mol. The lowest BCUT2D eigenvalue weighted by molar-refractivity contribution is -0.175. The summed E-state index contributed by atoms with van der Waals surface area (Å²) in [6, 6.07) is 0. The van der Waals surface area contributed by atoms with Crippen molar-refractivity contribution in [3.05, 3.63) is 0 Å². The molecule has 122 valence electrons. The van der Waals surface area contributed by atoms with E-state index in [1.54, 1.807) is 34.6 Å². The van der Waals surface area contributed by atoms with Crippen LogP contribution in [0.25, 0.3) is 0 Å². The number of carbonyl (C=O) groups excluding carboxylic acids is 3. The normalized spacial score (nSPS) is 15.5. The van der Waals surface area contributed by atoms with Gasteiger partial charge in [0.2, 0.25) is 5.60 Å². The number of hydrogen-bond acceptors (Lipinski definition) is 6. The Kier molecular flexibility index (Phi) is 7.39. The molecule has 0 radical (unpaired) electrons. The molecule has 6 nitrogen and oxygen atoms in total. The molecular weight excluding hydrogens is 276 g/mol.